The minimum Gasteiger partial charge on any atom is -0.370 e. The highest BCUT2D eigenvalue weighted by atomic mass is 19.1. The summed E-state index contributed by atoms with van der Waals surface area (Å²) in [7, 11) is 0. The molecule has 2 aromatic carbocycles. The molecule has 0 bridgehead atoms. The Morgan fingerprint density at radius 2 is 1.70 bits per heavy atom. The van der Waals surface area contributed by atoms with Gasteiger partial charge in [0.2, 0.25) is 5.91 Å². The van der Waals surface area contributed by atoms with E-state index in [0.29, 0.717) is 5.69 Å². The van der Waals surface area contributed by atoms with Crippen molar-refractivity contribution in [3.63, 3.8) is 0 Å². The summed E-state index contributed by atoms with van der Waals surface area (Å²) < 4.78 is 27.6. The summed E-state index contributed by atoms with van der Waals surface area (Å²) in [4.78, 5) is 11.5. The molecule has 0 spiro atoms. The summed E-state index contributed by atoms with van der Waals surface area (Å²) in [6.07, 6.45) is 0. The Kier molecular flexibility index (Phi) is 3.98. The zero-order valence-corrected chi connectivity index (χ0v) is 10.9. The van der Waals surface area contributed by atoms with Crippen molar-refractivity contribution < 1.29 is 13.6 Å². The predicted octanol–water partition coefficient (Wildman–Crippen LogP) is 2.91. The third-order valence-corrected chi connectivity index (χ3v) is 3.02. The molecule has 0 saturated carbocycles. The molecule has 1 unspecified atom stereocenters. The van der Waals surface area contributed by atoms with Crippen molar-refractivity contribution in [1.29, 1.82) is 0 Å². The highest BCUT2D eigenvalue weighted by Crippen LogP contribution is 2.26. The number of aryl methyl sites for hydroxylation is 1. The van der Waals surface area contributed by atoms with E-state index in [1.165, 1.54) is 6.07 Å². The number of carbonyl (C=O) groups is 1. The first-order chi connectivity index (χ1) is 9.50. The Labute approximate surface area is 115 Å². The fourth-order valence-electron chi connectivity index (χ4n) is 1.96. The Hall–Kier alpha value is -2.43. The molecule has 104 valence electrons. The van der Waals surface area contributed by atoms with E-state index >= 15 is 0 Å². The van der Waals surface area contributed by atoms with Crippen LogP contribution in [0, 0.1) is 18.6 Å². The van der Waals surface area contributed by atoms with Crippen molar-refractivity contribution in [2.45, 2.75) is 13.0 Å². The quantitative estimate of drug-likeness (QED) is 0.902. The Balaban J connectivity index is 2.43. The van der Waals surface area contributed by atoms with Crippen LogP contribution in [0.25, 0.3) is 0 Å². The Bertz CT molecular complexity index is 623. The van der Waals surface area contributed by atoms with Crippen LogP contribution in [0.5, 0.6) is 0 Å². The van der Waals surface area contributed by atoms with E-state index in [-0.39, 0.29) is 5.56 Å². The lowest BCUT2D eigenvalue weighted by molar-refractivity contribution is -0.119. The molecule has 0 radical (unpaired) electrons. The highest BCUT2D eigenvalue weighted by molar-refractivity contribution is 5.84. The first kappa shape index (κ1) is 14.0. The van der Waals surface area contributed by atoms with Crippen LogP contribution >= 0.6 is 0 Å². The zero-order chi connectivity index (χ0) is 14.7. The molecule has 3 N–H and O–H groups in total. The second-order valence-electron chi connectivity index (χ2n) is 4.43. The summed E-state index contributed by atoms with van der Waals surface area (Å²) >= 11 is 0. The molecular weight excluding hydrogens is 262 g/mol. The third kappa shape index (κ3) is 2.77. The van der Waals surface area contributed by atoms with Crippen molar-refractivity contribution in [3.8, 4) is 0 Å². The van der Waals surface area contributed by atoms with Gasteiger partial charge in [-0.2, -0.15) is 0 Å². The molecule has 0 aromatic heterocycles. The number of para-hydroxylation sites is 1. The van der Waals surface area contributed by atoms with Crippen LogP contribution < -0.4 is 11.1 Å². The van der Waals surface area contributed by atoms with Crippen LogP contribution in [-0.2, 0) is 4.79 Å². The maximum absolute atomic E-state index is 13.8. The maximum atomic E-state index is 13.8. The number of amides is 1. The van der Waals surface area contributed by atoms with Gasteiger partial charge in [-0.1, -0.05) is 24.3 Å². The van der Waals surface area contributed by atoms with Gasteiger partial charge in [0, 0.05) is 5.69 Å². The fraction of sp³-hybridized carbons (Fsp3) is 0.133. The molecule has 0 fully saturated rings. The first-order valence-electron chi connectivity index (χ1n) is 6.06. The zero-order valence-electron chi connectivity index (χ0n) is 10.9. The summed E-state index contributed by atoms with van der Waals surface area (Å²) in [5.74, 6) is -2.47. The molecule has 0 saturated heterocycles. The van der Waals surface area contributed by atoms with Gasteiger partial charge in [-0.3, -0.25) is 4.79 Å². The van der Waals surface area contributed by atoms with Gasteiger partial charge < -0.3 is 11.1 Å². The minimum atomic E-state index is -1.27. The van der Waals surface area contributed by atoms with E-state index in [1.807, 2.05) is 19.1 Å². The molecule has 0 heterocycles. The van der Waals surface area contributed by atoms with Crippen molar-refractivity contribution in [3.05, 3.63) is 65.2 Å². The van der Waals surface area contributed by atoms with Gasteiger partial charge in [0.15, 0.2) is 0 Å². The Morgan fingerprint density at radius 3 is 2.25 bits per heavy atom. The highest BCUT2D eigenvalue weighted by Gasteiger charge is 2.25. The predicted molar refractivity (Wildman–Crippen MR) is 73.1 cm³/mol. The SMILES string of the molecule is Cc1ccccc1NC(C(N)=O)c1c(F)cccc1F. The van der Waals surface area contributed by atoms with Crippen LogP contribution in [0.3, 0.4) is 0 Å². The summed E-state index contributed by atoms with van der Waals surface area (Å²) in [6.45, 7) is 1.82. The number of nitrogens with two attached hydrogens (primary N) is 1. The number of primary amides is 1. The number of anilines is 1. The summed E-state index contributed by atoms with van der Waals surface area (Å²) in [6, 6.07) is 9.26. The van der Waals surface area contributed by atoms with Crippen LogP contribution in [0.2, 0.25) is 0 Å². The van der Waals surface area contributed by atoms with Gasteiger partial charge in [-0.05, 0) is 30.7 Å². The third-order valence-electron chi connectivity index (χ3n) is 3.02. The largest absolute Gasteiger partial charge is 0.370 e. The molecule has 1 atom stereocenters. The van der Waals surface area contributed by atoms with Crippen molar-refractivity contribution >= 4 is 11.6 Å². The van der Waals surface area contributed by atoms with E-state index in [1.54, 1.807) is 12.1 Å². The number of hydrogen-bond acceptors (Lipinski definition) is 2. The molecule has 3 nitrogen and oxygen atoms in total. The van der Waals surface area contributed by atoms with Gasteiger partial charge in [-0.25, -0.2) is 8.78 Å². The molecule has 0 aliphatic rings. The standard InChI is InChI=1S/C15H14F2N2O/c1-9-5-2-3-8-12(9)19-14(15(18)20)13-10(16)6-4-7-11(13)17/h2-8,14,19H,1H3,(H2,18,20). The molecule has 0 aliphatic heterocycles. The number of halogens is 2. The van der Waals surface area contributed by atoms with Gasteiger partial charge >= 0.3 is 0 Å². The lowest BCUT2D eigenvalue weighted by atomic mass is 10.0. The normalized spacial score (nSPS) is 11.9. The molecule has 2 aromatic rings. The molecule has 2 rings (SSSR count). The van der Waals surface area contributed by atoms with Crippen molar-refractivity contribution in [1.82, 2.24) is 0 Å². The number of carbonyl (C=O) groups excluding carboxylic acids is 1. The van der Waals surface area contributed by atoms with E-state index in [4.69, 9.17) is 5.73 Å². The molecule has 1 amide bonds. The first-order valence-corrected chi connectivity index (χ1v) is 6.06. The maximum Gasteiger partial charge on any atom is 0.244 e. The smallest absolute Gasteiger partial charge is 0.244 e. The van der Waals surface area contributed by atoms with Gasteiger partial charge in [-0.15, -0.1) is 0 Å². The topological polar surface area (TPSA) is 55.1 Å². The van der Waals surface area contributed by atoms with Gasteiger partial charge in [0.1, 0.15) is 17.7 Å². The van der Waals surface area contributed by atoms with E-state index in [2.05, 4.69) is 5.32 Å². The van der Waals surface area contributed by atoms with E-state index in [0.717, 1.165) is 17.7 Å². The van der Waals surface area contributed by atoms with Crippen molar-refractivity contribution in [2.75, 3.05) is 5.32 Å². The lowest BCUT2D eigenvalue weighted by Gasteiger charge is -2.19. The second-order valence-corrected chi connectivity index (χ2v) is 4.43. The van der Waals surface area contributed by atoms with Crippen LogP contribution in [0.15, 0.2) is 42.5 Å². The number of hydrogen-bond donors (Lipinski definition) is 2. The molecule has 5 heteroatoms. The minimum absolute atomic E-state index is 0.372. The number of nitrogens with one attached hydrogen (secondary N) is 1. The van der Waals surface area contributed by atoms with Crippen LogP contribution in [0.1, 0.15) is 17.2 Å². The average molecular weight is 276 g/mol. The van der Waals surface area contributed by atoms with Gasteiger partial charge in [0.05, 0.1) is 5.56 Å². The second kappa shape index (κ2) is 5.69. The number of rotatable bonds is 4. The Morgan fingerprint density at radius 1 is 1.10 bits per heavy atom. The van der Waals surface area contributed by atoms with Crippen molar-refractivity contribution in [2.24, 2.45) is 5.73 Å². The van der Waals surface area contributed by atoms with Crippen LogP contribution in [-0.4, -0.2) is 5.91 Å². The van der Waals surface area contributed by atoms with E-state index in [9.17, 15) is 13.6 Å². The molecular formula is C15H14F2N2O. The fourth-order valence-corrected chi connectivity index (χ4v) is 1.96. The number of benzene rings is 2. The average Bonchev–Trinajstić information content (AvgIpc) is 2.39. The summed E-state index contributed by atoms with van der Waals surface area (Å²) in [5.41, 5.74) is 6.34. The monoisotopic (exact) mass is 276 g/mol. The van der Waals surface area contributed by atoms with E-state index < -0.39 is 23.6 Å². The van der Waals surface area contributed by atoms with Crippen LogP contribution in [0.4, 0.5) is 14.5 Å². The lowest BCUT2D eigenvalue weighted by Crippen LogP contribution is -2.29. The summed E-state index contributed by atoms with van der Waals surface area (Å²) in [5, 5.41) is 2.79. The molecule has 20 heavy (non-hydrogen) atoms. The molecule has 0 aliphatic carbocycles. The van der Waals surface area contributed by atoms with Gasteiger partial charge in [0.25, 0.3) is 0 Å².